The van der Waals surface area contributed by atoms with Gasteiger partial charge < -0.3 is 15.5 Å². The van der Waals surface area contributed by atoms with Crippen LogP contribution in [0.2, 0.25) is 0 Å². The van der Waals surface area contributed by atoms with Gasteiger partial charge in [0.2, 0.25) is 0 Å². The first-order valence-electron chi connectivity index (χ1n) is 9.40. The number of nitrogens with one attached hydrogen (secondary N) is 2. The number of aromatic nitrogens is 3. The first kappa shape index (κ1) is 20.4. The molecule has 1 aliphatic rings. The fraction of sp³-hybridized carbons (Fsp3) is 0.611. The van der Waals surface area contributed by atoms with E-state index in [-0.39, 0.29) is 6.54 Å². The molecule has 10 heteroatoms. The average molecular weight is 397 g/mol. The number of aliphatic imine (C=N–C) groups is 1. The quantitative estimate of drug-likeness (QED) is 0.612. The van der Waals surface area contributed by atoms with Crippen LogP contribution in [-0.2, 0) is 12.7 Å². The number of guanidine groups is 1. The van der Waals surface area contributed by atoms with Gasteiger partial charge in [-0.3, -0.25) is 9.39 Å². The van der Waals surface area contributed by atoms with Crippen LogP contribution in [0.1, 0.15) is 38.1 Å². The van der Waals surface area contributed by atoms with Crippen molar-refractivity contribution in [2.45, 2.75) is 51.5 Å². The first-order chi connectivity index (χ1) is 13.3. The number of fused-ring (bicyclic) bond motifs is 1. The minimum absolute atomic E-state index is 0.215. The maximum atomic E-state index is 13.0. The van der Waals surface area contributed by atoms with E-state index < -0.39 is 11.7 Å². The number of rotatable bonds is 4. The molecule has 2 aromatic heterocycles. The number of halogens is 3. The largest absolute Gasteiger partial charge is 0.417 e. The highest BCUT2D eigenvalue weighted by atomic mass is 19.4. The molecular formula is C18H26F3N7. The van der Waals surface area contributed by atoms with Crippen molar-refractivity contribution in [3.05, 3.63) is 29.7 Å². The molecule has 0 saturated carbocycles. The van der Waals surface area contributed by atoms with Crippen LogP contribution >= 0.6 is 0 Å². The SMILES string of the molecule is CN=C(NCc1nnc2ccc(C(F)(F)F)cn12)NC1CCN(C(C)C)CC1. The first-order valence-corrected chi connectivity index (χ1v) is 9.40. The molecule has 7 nitrogen and oxygen atoms in total. The summed E-state index contributed by atoms with van der Waals surface area (Å²) >= 11 is 0. The van der Waals surface area contributed by atoms with Gasteiger partial charge in [0, 0.05) is 38.4 Å². The van der Waals surface area contributed by atoms with Gasteiger partial charge in [0.15, 0.2) is 17.4 Å². The Balaban J connectivity index is 1.61. The average Bonchev–Trinajstić information content (AvgIpc) is 3.07. The molecule has 2 N–H and O–H groups in total. The number of likely N-dealkylation sites (tertiary alicyclic amines) is 1. The van der Waals surface area contributed by atoms with Crippen molar-refractivity contribution in [1.29, 1.82) is 0 Å². The number of pyridine rings is 1. The molecule has 1 saturated heterocycles. The van der Waals surface area contributed by atoms with Crippen LogP contribution in [0.3, 0.4) is 0 Å². The van der Waals surface area contributed by atoms with E-state index in [0.29, 0.717) is 29.5 Å². The van der Waals surface area contributed by atoms with Gasteiger partial charge in [-0.1, -0.05) is 0 Å². The van der Waals surface area contributed by atoms with Crippen molar-refractivity contribution < 1.29 is 13.2 Å². The zero-order valence-electron chi connectivity index (χ0n) is 16.3. The molecule has 0 amide bonds. The van der Waals surface area contributed by atoms with E-state index in [2.05, 4.69) is 44.6 Å². The summed E-state index contributed by atoms with van der Waals surface area (Å²) in [4.78, 5) is 6.66. The molecule has 1 fully saturated rings. The Morgan fingerprint density at radius 3 is 2.57 bits per heavy atom. The van der Waals surface area contributed by atoms with Gasteiger partial charge in [0.1, 0.15) is 0 Å². The van der Waals surface area contributed by atoms with E-state index in [4.69, 9.17) is 0 Å². The Bertz CT molecular complexity index is 820. The second-order valence-corrected chi connectivity index (χ2v) is 7.23. The summed E-state index contributed by atoms with van der Waals surface area (Å²) < 4.78 is 40.2. The smallest absolute Gasteiger partial charge is 0.354 e. The van der Waals surface area contributed by atoms with Crippen molar-refractivity contribution in [2.75, 3.05) is 20.1 Å². The molecule has 1 aliphatic heterocycles. The Labute approximate surface area is 162 Å². The molecule has 0 spiro atoms. The van der Waals surface area contributed by atoms with Gasteiger partial charge in [-0.2, -0.15) is 13.2 Å². The number of hydrogen-bond acceptors (Lipinski definition) is 4. The summed E-state index contributed by atoms with van der Waals surface area (Å²) in [5.41, 5.74) is -0.366. The molecule has 0 aliphatic carbocycles. The summed E-state index contributed by atoms with van der Waals surface area (Å²) in [6.07, 6.45) is -1.36. The predicted molar refractivity (Wildman–Crippen MR) is 101 cm³/mol. The maximum Gasteiger partial charge on any atom is 0.417 e. The molecule has 0 bridgehead atoms. The lowest BCUT2D eigenvalue weighted by molar-refractivity contribution is -0.137. The minimum atomic E-state index is -4.41. The number of alkyl halides is 3. The molecular weight excluding hydrogens is 371 g/mol. The van der Waals surface area contributed by atoms with Gasteiger partial charge in [0.05, 0.1) is 12.1 Å². The van der Waals surface area contributed by atoms with Crippen molar-refractivity contribution in [3.63, 3.8) is 0 Å². The van der Waals surface area contributed by atoms with E-state index >= 15 is 0 Å². The number of nitrogens with zero attached hydrogens (tertiary/aromatic N) is 5. The molecule has 0 unspecified atom stereocenters. The van der Waals surface area contributed by atoms with Crippen LogP contribution in [0.4, 0.5) is 13.2 Å². The Kier molecular flexibility index (Phi) is 6.07. The second kappa shape index (κ2) is 8.34. The van der Waals surface area contributed by atoms with Gasteiger partial charge in [-0.25, -0.2) is 0 Å². The second-order valence-electron chi connectivity index (χ2n) is 7.23. The topological polar surface area (TPSA) is 69.8 Å². The monoisotopic (exact) mass is 397 g/mol. The lowest BCUT2D eigenvalue weighted by Gasteiger charge is -2.35. The highest BCUT2D eigenvalue weighted by molar-refractivity contribution is 5.79. The third-order valence-electron chi connectivity index (χ3n) is 5.04. The Hall–Kier alpha value is -2.36. The normalized spacial score (nSPS) is 17.5. The van der Waals surface area contributed by atoms with Crippen LogP contribution in [-0.4, -0.2) is 57.7 Å². The number of piperidine rings is 1. The third kappa shape index (κ3) is 4.73. The Morgan fingerprint density at radius 1 is 1.25 bits per heavy atom. The summed E-state index contributed by atoms with van der Waals surface area (Å²) in [5, 5.41) is 14.4. The Morgan fingerprint density at radius 2 is 1.96 bits per heavy atom. The van der Waals surface area contributed by atoms with E-state index in [1.54, 1.807) is 7.05 Å². The summed E-state index contributed by atoms with van der Waals surface area (Å²) in [6.45, 7) is 6.67. The van der Waals surface area contributed by atoms with Crippen molar-refractivity contribution in [3.8, 4) is 0 Å². The number of hydrogen-bond donors (Lipinski definition) is 2. The van der Waals surface area contributed by atoms with Crippen LogP contribution in [0.25, 0.3) is 5.65 Å². The lowest BCUT2D eigenvalue weighted by atomic mass is 10.0. The molecule has 28 heavy (non-hydrogen) atoms. The minimum Gasteiger partial charge on any atom is -0.354 e. The van der Waals surface area contributed by atoms with Crippen LogP contribution in [0.15, 0.2) is 23.3 Å². The fourth-order valence-electron chi connectivity index (χ4n) is 3.34. The van der Waals surface area contributed by atoms with Crippen molar-refractivity contribution in [2.24, 2.45) is 4.99 Å². The van der Waals surface area contributed by atoms with E-state index in [1.807, 2.05) is 0 Å². The lowest BCUT2D eigenvalue weighted by Crippen LogP contribution is -2.49. The standard InChI is InChI=1S/C18H26F3N7/c1-12(2)27-8-6-14(7-9-27)24-17(22-3)23-10-16-26-25-15-5-4-13(11-28(15)16)18(19,20)21/h4-5,11-12,14H,6-10H2,1-3H3,(H2,22,23,24). The third-order valence-corrected chi connectivity index (χ3v) is 5.04. The molecule has 154 valence electrons. The molecule has 3 rings (SSSR count). The maximum absolute atomic E-state index is 13.0. The fourth-order valence-corrected chi connectivity index (χ4v) is 3.34. The van der Waals surface area contributed by atoms with E-state index in [9.17, 15) is 13.2 Å². The molecule has 0 radical (unpaired) electrons. The predicted octanol–water partition coefficient (Wildman–Crippen LogP) is 2.29. The summed E-state index contributed by atoms with van der Waals surface area (Å²) in [6, 6.07) is 3.18. The molecule has 0 aromatic carbocycles. The van der Waals surface area contributed by atoms with Crippen LogP contribution in [0, 0.1) is 0 Å². The highest BCUT2D eigenvalue weighted by Gasteiger charge is 2.31. The van der Waals surface area contributed by atoms with E-state index in [1.165, 1.54) is 10.5 Å². The van der Waals surface area contributed by atoms with Gasteiger partial charge in [-0.15, -0.1) is 10.2 Å². The van der Waals surface area contributed by atoms with Crippen molar-refractivity contribution in [1.82, 2.24) is 30.1 Å². The van der Waals surface area contributed by atoms with Gasteiger partial charge in [-0.05, 0) is 38.8 Å². The zero-order chi connectivity index (χ0) is 20.3. The van der Waals surface area contributed by atoms with Gasteiger partial charge >= 0.3 is 6.18 Å². The van der Waals surface area contributed by atoms with E-state index in [0.717, 1.165) is 38.2 Å². The highest BCUT2D eigenvalue weighted by Crippen LogP contribution is 2.29. The molecule has 3 heterocycles. The van der Waals surface area contributed by atoms with Crippen LogP contribution < -0.4 is 10.6 Å². The zero-order valence-corrected chi connectivity index (χ0v) is 16.3. The summed E-state index contributed by atoms with van der Waals surface area (Å²) in [5.74, 6) is 0.991. The van der Waals surface area contributed by atoms with Gasteiger partial charge in [0.25, 0.3) is 0 Å². The summed E-state index contributed by atoms with van der Waals surface area (Å²) in [7, 11) is 1.67. The van der Waals surface area contributed by atoms with Crippen molar-refractivity contribution >= 4 is 11.6 Å². The molecule has 0 atom stereocenters. The molecule has 2 aromatic rings. The van der Waals surface area contributed by atoms with Crippen LogP contribution in [0.5, 0.6) is 0 Å².